The topological polar surface area (TPSA) is 149 Å². The Bertz CT molecular complexity index is 1780. The number of carbonyl (C=O) groups is 1. The molecule has 0 aromatic heterocycles. The van der Waals surface area contributed by atoms with Crippen LogP contribution < -0.4 is 5.32 Å². The van der Waals surface area contributed by atoms with Crippen molar-refractivity contribution >= 4 is 5.91 Å². The van der Waals surface area contributed by atoms with Crippen LogP contribution in [-0.2, 0) is 14.3 Å². The Kier molecular flexibility index (Phi) is 54.9. The van der Waals surface area contributed by atoms with E-state index in [9.17, 15) is 30.3 Å². The van der Waals surface area contributed by atoms with Gasteiger partial charge in [0, 0.05) is 6.42 Å². The van der Waals surface area contributed by atoms with Gasteiger partial charge in [-0.3, -0.25) is 4.79 Å². The number of carbonyl (C=O) groups excluding carboxylic acids is 1. The van der Waals surface area contributed by atoms with Crippen LogP contribution in [0.2, 0.25) is 0 Å². The zero-order chi connectivity index (χ0) is 58.6. The highest BCUT2D eigenvalue weighted by Gasteiger charge is 2.44. The van der Waals surface area contributed by atoms with E-state index in [0.29, 0.717) is 6.42 Å². The van der Waals surface area contributed by atoms with Gasteiger partial charge in [0.2, 0.25) is 5.91 Å². The quantitative estimate of drug-likeness (QED) is 0.0261. The zero-order valence-corrected chi connectivity index (χ0v) is 51.2. The van der Waals surface area contributed by atoms with Gasteiger partial charge in [0.1, 0.15) is 24.4 Å². The maximum absolute atomic E-state index is 13.1. The van der Waals surface area contributed by atoms with Crippen molar-refractivity contribution in [1.82, 2.24) is 5.32 Å². The summed E-state index contributed by atoms with van der Waals surface area (Å²) < 4.78 is 11.3. The third-order valence-electron chi connectivity index (χ3n) is 14.4. The van der Waals surface area contributed by atoms with Crippen LogP contribution in [0.25, 0.3) is 0 Å². The molecule has 1 aliphatic rings. The standard InChI is InChI=1S/C72H119NO8/c1-3-5-7-9-11-13-15-17-19-21-23-25-26-27-28-29-30-31-32-33-34-35-36-37-38-39-40-42-44-46-48-50-52-54-56-58-60-62-68(76)73-65(64-80-72-71(79)70(78)69(77)67(63-74)81-72)66(75)61-59-57-55-53-51-49-47-45-43-41-24-22-20-18-16-14-12-10-8-6-4-2/h5,7,11,13,17,19,23,25,27-28,30-31,33-34,36-37,39-40,44,46,51,53,59,61,65-67,69-72,74-75,77-79H,3-4,6,8-10,12,14-16,18,20-22,24,26,29,32,35,38,41-43,45,47-50,52,54-58,60,62-64H2,1-2H3,(H,73,76)/b7-5-,13-11-,19-17-,25-23-,28-27-,31-30-,34-33-,37-36-,40-39-,46-44-,53-51+,61-59+. The van der Waals surface area contributed by atoms with Gasteiger partial charge in [-0.2, -0.15) is 0 Å². The van der Waals surface area contributed by atoms with Gasteiger partial charge in [-0.05, 0) is 109 Å². The average Bonchev–Trinajstić information content (AvgIpc) is 3.49. The summed E-state index contributed by atoms with van der Waals surface area (Å²) >= 11 is 0. The Hall–Kier alpha value is -3.93. The first-order valence-electron chi connectivity index (χ1n) is 32.6. The van der Waals surface area contributed by atoms with Crippen LogP contribution in [0.4, 0.5) is 0 Å². The summed E-state index contributed by atoms with van der Waals surface area (Å²) in [5, 5.41) is 54.6. The minimum absolute atomic E-state index is 0.206. The first kappa shape index (κ1) is 75.1. The van der Waals surface area contributed by atoms with Crippen molar-refractivity contribution in [3.05, 3.63) is 146 Å². The van der Waals surface area contributed by atoms with E-state index < -0.39 is 49.5 Å². The van der Waals surface area contributed by atoms with E-state index in [1.165, 1.54) is 96.3 Å². The van der Waals surface area contributed by atoms with Crippen LogP contribution in [0, 0.1) is 0 Å². The molecule has 460 valence electrons. The smallest absolute Gasteiger partial charge is 0.220 e. The Morgan fingerprint density at radius 3 is 1.19 bits per heavy atom. The second kappa shape index (κ2) is 59.2. The zero-order valence-electron chi connectivity index (χ0n) is 51.2. The van der Waals surface area contributed by atoms with E-state index in [1.807, 2.05) is 6.08 Å². The number of aliphatic hydroxyl groups is 5. The minimum atomic E-state index is -1.58. The summed E-state index contributed by atoms with van der Waals surface area (Å²) in [5.74, 6) is -0.206. The fourth-order valence-electron chi connectivity index (χ4n) is 9.32. The van der Waals surface area contributed by atoms with Gasteiger partial charge in [0.15, 0.2) is 6.29 Å². The van der Waals surface area contributed by atoms with Gasteiger partial charge in [-0.1, -0.05) is 275 Å². The Labute approximate surface area is 495 Å². The molecule has 9 heteroatoms. The van der Waals surface area contributed by atoms with Crippen LogP contribution >= 0.6 is 0 Å². The average molecular weight is 1130 g/mol. The molecule has 1 heterocycles. The fourth-order valence-corrected chi connectivity index (χ4v) is 9.32. The number of allylic oxidation sites excluding steroid dienone is 23. The molecular formula is C72H119NO8. The van der Waals surface area contributed by atoms with Gasteiger partial charge >= 0.3 is 0 Å². The van der Waals surface area contributed by atoms with Crippen molar-refractivity contribution in [2.75, 3.05) is 13.2 Å². The molecule has 0 radical (unpaired) electrons. The summed E-state index contributed by atoms with van der Waals surface area (Å²) in [5.41, 5.74) is 0. The molecule has 1 aliphatic heterocycles. The van der Waals surface area contributed by atoms with Crippen LogP contribution in [0.1, 0.15) is 245 Å². The number of amides is 1. The van der Waals surface area contributed by atoms with Crippen molar-refractivity contribution in [3.63, 3.8) is 0 Å². The highest BCUT2D eigenvalue weighted by atomic mass is 16.7. The maximum Gasteiger partial charge on any atom is 0.220 e. The van der Waals surface area contributed by atoms with Gasteiger partial charge in [0.05, 0.1) is 25.4 Å². The monoisotopic (exact) mass is 1130 g/mol. The molecular weight excluding hydrogens is 1010 g/mol. The molecule has 0 spiro atoms. The number of hydrogen-bond acceptors (Lipinski definition) is 8. The van der Waals surface area contributed by atoms with Crippen molar-refractivity contribution in [2.45, 2.75) is 288 Å². The molecule has 0 aromatic carbocycles. The molecule has 0 saturated carbocycles. The maximum atomic E-state index is 13.1. The van der Waals surface area contributed by atoms with Gasteiger partial charge in [-0.25, -0.2) is 0 Å². The summed E-state index contributed by atoms with van der Waals surface area (Å²) in [6.07, 6.45) is 84.9. The summed E-state index contributed by atoms with van der Waals surface area (Å²) in [6.45, 7) is 3.64. The molecule has 1 fully saturated rings. The highest BCUT2D eigenvalue weighted by molar-refractivity contribution is 5.76. The molecule has 9 nitrogen and oxygen atoms in total. The number of nitrogens with one attached hydrogen (secondary N) is 1. The van der Waals surface area contributed by atoms with Crippen molar-refractivity contribution in [2.24, 2.45) is 0 Å². The van der Waals surface area contributed by atoms with Gasteiger partial charge in [-0.15, -0.1) is 0 Å². The number of aliphatic hydroxyl groups excluding tert-OH is 5. The normalized spacial score (nSPS) is 19.4. The second-order valence-corrected chi connectivity index (χ2v) is 21.8. The van der Waals surface area contributed by atoms with Gasteiger partial charge in [0.25, 0.3) is 0 Å². The number of hydrogen-bond donors (Lipinski definition) is 6. The summed E-state index contributed by atoms with van der Waals surface area (Å²) in [6, 6.07) is -0.842. The Morgan fingerprint density at radius 2 is 0.778 bits per heavy atom. The molecule has 0 bridgehead atoms. The predicted molar refractivity (Wildman–Crippen MR) is 345 cm³/mol. The lowest BCUT2D eigenvalue weighted by Crippen LogP contribution is -2.60. The molecule has 7 unspecified atom stereocenters. The van der Waals surface area contributed by atoms with Gasteiger partial charge < -0.3 is 40.3 Å². The number of unbranched alkanes of at least 4 members (excludes halogenated alkanes) is 22. The van der Waals surface area contributed by atoms with E-state index in [-0.39, 0.29) is 12.5 Å². The van der Waals surface area contributed by atoms with E-state index in [1.54, 1.807) is 6.08 Å². The van der Waals surface area contributed by atoms with Crippen LogP contribution in [-0.4, -0.2) is 87.5 Å². The van der Waals surface area contributed by atoms with E-state index in [0.717, 1.165) is 128 Å². The van der Waals surface area contributed by atoms with Crippen molar-refractivity contribution < 1.29 is 39.8 Å². The van der Waals surface area contributed by atoms with Crippen molar-refractivity contribution in [3.8, 4) is 0 Å². The van der Waals surface area contributed by atoms with E-state index in [4.69, 9.17) is 9.47 Å². The van der Waals surface area contributed by atoms with E-state index in [2.05, 4.69) is 153 Å². The molecule has 7 atom stereocenters. The Morgan fingerprint density at radius 1 is 0.432 bits per heavy atom. The Balaban J connectivity index is 2.22. The second-order valence-electron chi connectivity index (χ2n) is 21.8. The highest BCUT2D eigenvalue weighted by Crippen LogP contribution is 2.23. The largest absolute Gasteiger partial charge is 0.394 e. The molecule has 81 heavy (non-hydrogen) atoms. The molecule has 1 saturated heterocycles. The SMILES string of the molecule is CC/C=C\C/C=C\C/C=C\C/C=C\C/C=C\C/C=C\C/C=C\C/C=C\C/C=C\C/C=C\CCCCCCCCC(=O)NC(COC1OC(CO)C(O)C(O)C1O)C(O)/C=C/CC/C=C/CCCCCCCCCCCCCCCCC. The molecule has 0 aliphatic carbocycles. The number of rotatable bonds is 54. The summed E-state index contributed by atoms with van der Waals surface area (Å²) in [7, 11) is 0. The fraction of sp³-hybridized carbons (Fsp3) is 0.653. The lowest BCUT2D eigenvalue weighted by atomic mass is 9.99. The molecule has 6 N–H and O–H groups in total. The molecule has 1 amide bonds. The first-order chi connectivity index (χ1) is 39.8. The molecule has 1 rings (SSSR count). The van der Waals surface area contributed by atoms with Crippen LogP contribution in [0.3, 0.4) is 0 Å². The van der Waals surface area contributed by atoms with Crippen LogP contribution in [0.15, 0.2) is 146 Å². The predicted octanol–water partition coefficient (Wildman–Crippen LogP) is 17.4. The minimum Gasteiger partial charge on any atom is -0.394 e. The summed E-state index contributed by atoms with van der Waals surface area (Å²) in [4.78, 5) is 13.1. The number of ether oxygens (including phenoxy) is 2. The molecule has 0 aromatic rings. The third-order valence-corrected chi connectivity index (χ3v) is 14.4. The van der Waals surface area contributed by atoms with Crippen molar-refractivity contribution in [1.29, 1.82) is 0 Å². The van der Waals surface area contributed by atoms with Crippen LogP contribution in [0.5, 0.6) is 0 Å². The lowest BCUT2D eigenvalue weighted by Gasteiger charge is -2.40. The lowest BCUT2D eigenvalue weighted by molar-refractivity contribution is -0.302. The first-order valence-corrected chi connectivity index (χ1v) is 32.6. The third kappa shape index (κ3) is 48.2. The van der Waals surface area contributed by atoms with E-state index >= 15 is 0 Å².